The predicted octanol–water partition coefficient (Wildman–Crippen LogP) is 3.14. The zero-order chi connectivity index (χ0) is 17.1. The monoisotopic (exact) mass is 324 g/mol. The summed E-state index contributed by atoms with van der Waals surface area (Å²) >= 11 is 0. The fourth-order valence-electron chi connectivity index (χ4n) is 2.85. The van der Waals surface area contributed by atoms with Crippen molar-refractivity contribution in [3.8, 4) is 5.75 Å². The first-order valence-corrected chi connectivity index (χ1v) is 8.02. The number of para-hydroxylation sites is 2. The van der Waals surface area contributed by atoms with E-state index in [2.05, 4.69) is 5.32 Å². The van der Waals surface area contributed by atoms with E-state index in [9.17, 15) is 9.59 Å². The molecule has 2 aromatic carbocycles. The summed E-state index contributed by atoms with van der Waals surface area (Å²) < 4.78 is 5.55. The van der Waals surface area contributed by atoms with Gasteiger partial charge in [-0.2, -0.15) is 0 Å². The maximum Gasteiger partial charge on any atom is 0.256 e. The number of aryl methyl sites for hydroxylation is 1. The molecule has 1 fully saturated rings. The Morgan fingerprint density at radius 2 is 1.96 bits per heavy atom. The van der Waals surface area contributed by atoms with E-state index in [0.29, 0.717) is 18.0 Å². The molecule has 5 nitrogen and oxygen atoms in total. The number of benzene rings is 2. The zero-order valence-corrected chi connectivity index (χ0v) is 13.8. The van der Waals surface area contributed by atoms with Crippen molar-refractivity contribution in [3.05, 3.63) is 54.1 Å². The molecule has 1 atom stereocenters. The lowest BCUT2D eigenvalue weighted by molar-refractivity contribution is -0.121. The average molecular weight is 324 g/mol. The van der Waals surface area contributed by atoms with Gasteiger partial charge in [-0.25, -0.2) is 4.90 Å². The zero-order valence-electron chi connectivity index (χ0n) is 13.8. The molecule has 0 spiro atoms. The van der Waals surface area contributed by atoms with Gasteiger partial charge in [0, 0.05) is 5.69 Å². The fraction of sp³-hybridized carbons (Fsp3) is 0.263. The summed E-state index contributed by atoms with van der Waals surface area (Å²) in [6.07, 6.45) is 0.132. The standard InChI is InChI=1S/C19H20N2O3/c1-3-24-17-10-5-4-9-16(17)21-18(22)12-15(19(21)23)20-14-8-6-7-13(2)11-14/h4-11,15,20H,3,12H2,1-2H3/t15-/m0/s1. The maximum atomic E-state index is 12.7. The van der Waals surface area contributed by atoms with Crippen LogP contribution in [0.1, 0.15) is 18.9 Å². The Kier molecular flexibility index (Phi) is 4.51. The number of rotatable bonds is 5. The average Bonchev–Trinajstić information content (AvgIpc) is 2.82. The van der Waals surface area contributed by atoms with E-state index < -0.39 is 6.04 Å². The Bertz CT molecular complexity index is 773. The maximum absolute atomic E-state index is 12.7. The van der Waals surface area contributed by atoms with Gasteiger partial charge >= 0.3 is 0 Å². The molecule has 0 bridgehead atoms. The van der Waals surface area contributed by atoms with Gasteiger partial charge in [0.2, 0.25) is 5.91 Å². The highest BCUT2D eigenvalue weighted by Gasteiger charge is 2.40. The van der Waals surface area contributed by atoms with Gasteiger partial charge in [0.15, 0.2) is 0 Å². The second kappa shape index (κ2) is 6.74. The summed E-state index contributed by atoms with van der Waals surface area (Å²) in [5.41, 5.74) is 2.43. The van der Waals surface area contributed by atoms with E-state index >= 15 is 0 Å². The van der Waals surface area contributed by atoms with Crippen molar-refractivity contribution < 1.29 is 14.3 Å². The Balaban J connectivity index is 1.84. The quantitative estimate of drug-likeness (QED) is 0.859. The largest absolute Gasteiger partial charge is 0.492 e. The second-order valence-electron chi connectivity index (χ2n) is 5.74. The molecule has 0 radical (unpaired) electrons. The van der Waals surface area contributed by atoms with Crippen molar-refractivity contribution >= 4 is 23.2 Å². The highest BCUT2D eigenvalue weighted by atomic mass is 16.5. The van der Waals surface area contributed by atoms with Crippen LogP contribution in [-0.2, 0) is 9.59 Å². The number of hydrogen-bond donors (Lipinski definition) is 1. The Morgan fingerprint density at radius 3 is 2.71 bits per heavy atom. The van der Waals surface area contributed by atoms with Crippen molar-refractivity contribution in [1.82, 2.24) is 0 Å². The smallest absolute Gasteiger partial charge is 0.256 e. The normalized spacial score (nSPS) is 17.2. The van der Waals surface area contributed by atoms with Gasteiger partial charge in [-0.15, -0.1) is 0 Å². The van der Waals surface area contributed by atoms with E-state index in [1.165, 1.54) is 4.90 Å². The number of ether oxygens (including phenoxy) is 1. The summed E-state index contributed by atoms with van der Waals surface area (Å²) in [7, 11) is 0. The first-order valence-electron chi connectivity index (χ1n) is 8.02. The van der Waals surface area contributed by atoms with Crippen molar-refractivity contribution in [2.45, 2.75) is 26.3 Å². The molecule has 2 amide bonds. The minimum absolute atomic E-state index is 0.132. The van der Waals surface area contributed by atoms with E-state index in [-0.39, 0.29) is 18.2 Å². The number of carbonyl (C=O) groups is 2. The number of carbonyl (C=O) groups excluding carboxylic acids is 2. The third kappa shape index (κ3) is 3.11. The van der Waals surface area contributed by atoms with Crippen LogP contribution < -0.4 is 15.0 Å². The molecular formula is C19H20N2O3. The molecule has 2 aromatic rings. The van der Waals surface area contributed by atoms with Gasteiger partial charge in [0.25, 0.3) is 5.91 Å². The summed E-state index contributed by atoms with van der Waals surface area (Å²) in [6.45, 7) is 4.32. The van der Waals surface area contributed by atoms with Gasteiger partial charge in [-0.3, -0.25) is 9.59 Å². The number of nitrogens with zero attached hydrogens (tertiary/aromatic N) is 1. The van der Waals surface area contributed by atoms with Crippen LogP contribution in [0, 0.1) is 6.92 Å². The molecule has 1 aliphatic rings. The van der Waals surface area contributed by atoms with Crippen LogP contribution in [0.5, 0.6) is 5.75 Å². The second-order valence-corrected chi connectivity index (χ2v) is 5.74. The lowest BCUT2D eigenvalue weighted by Gasteiger charge is -2.19. The summed E-state index contributed by atoms with van der Waals surface area (Å²) in [6, 6.07) is 14.3. The van der Waals surface area contributed by atoms with Crippen LogP contribution in [0.3, 0.4) is 0 Å². The third-order valence-corrected chi connectivity index (χ3v) is 3.91. The van der Waals surface area contributed by atoms with Crippen LogP contribution >= 0.6 is 0 Å². The van der Waals surface area contributed by atoms with E-state index in [1.54, 1.807) is 18.2 Å². The van der Waals surface area contributed by atoms with Gasteiger partial charge in [0.1, 0.15) is 11.8 Å². The van der Waals surface area contributed by atoms with Crippen molar-refractivity contribution in [3.63, 3.8) is 0 Å². The fourth-order valence-corrected chi connectivity index (χ4v) is 2.85. The van der Waals surface area contributed by atoms with Crippen molar-refractivity contribution in [2.75, 3.05) is 16.8 Å². The molecule has 1 aliphatic heterocycles. The van der Waals surface area contributed by atoms with E-state index in [4.69, 9.17) is 4.74 Å². The third-order valence-electron chi connectivity index (χ3n) is 3.91. The van der Waals surface area contributed by atoms with E-state index in [1.807, 2.05) is 44.2 Å². The highest BCUT2D eigenvalue weighted by Crippen LogP contribution is 2.32. The summed E-state index contributed by atoms with van der Waals surface area (Å²) in [4.78, 5) is 26.4. The molecule has 0 saturated carbocycles. The van der Waals surface area contributed by atoms with Gasteiger partial charge in [0.05, 0.1) is 18.7 Å². The minimum Gasteiger partial charge on any atom is -0.492 e. The van der Waals surface area contributed by atoms with Crippen LogP contribution in [0.15, 0.2) is 48.5 Å². The van der Waals surface area contributed by atoms with Gasteiger partial charge < -0.3 is 10.1 Å². The van der Waals surface area contributed by atoms with Crippen LogP contribution in [0.4, 0.5) is 11.4 Å². The van der Waals surface area contributed by atoms with E-state index in [0.717, 1.165) is 11.3 Å². The number of nitrogens with one attached hydrogen (secondary N) is 1. The lowest BCUT2D eigenvalue weighted by atomic mass is 10.2. The predicted molar refractivity (Wildman–Crippen MR) is 93.3 cm³/mol. The minimum atomic E-state index is -0.561. The SMILES string of the molecule is CCOc1ccccc1N1C(=O)C[C@H](Nc2cccc(C)c2)C1=O. The summed E-state index contributed by atoms with van der Waals surface area (Å²) in [5.74, 6) is 0.0591. The molecule has 0 aliphatic carbocycles. The van der Waals surface area contributed by atoms with Crippen molar-refractivity contribution in [1.29, 1.82) is 0 Å². The Labute approximate surface area is 141 Å². The van der Waals surface area contributed by atoms with Crippen LogP contribution in [0.25, 0.3) is 0 Å². The molecule has 0 unspecified atom stereocenters. The molecule has 3 rings (SSSR count). The molecule has 1 saturated heterocycles. The number of hydrogen-bond acceptors (Lipinski definition) is 4. The summed E-state index contributed by atoms with van der Waals surface area (Å²) in [5, 5.41) is 3.16. The number of imide groups is 1. The molecule has 5 heteroatoms. The molecule has 0 aromatic heterocycles. The number of amides is 2. The highest BCUT2D eigenvalue weighted by molar-refractivity contribution is 6.23. The molecular weight excluding hydrogens is 304 g/mol. The van der Waals surface area contributed by atoms with Gasteiger partial charge in [-0.05, 0) is 43.7 Å². The molecule has 24 heavy (non-hydrogen) atoms. The Hall–Kier alpha value is -2.82. The van der Waals surface area contributed by atoms with Crippen LogP contribution in [0.2, 0.25) is 0 Å². The molecule has 124 valence electrons. The Morgan fingerprint density at radius 1 is 1.17 bits per heavy atom. The number of anilines is 2. The first kappa shape index (κ1) is 16.1. The van der Waals surface area contributed by atoms with Crippen molar-refractivity contribution in [2.24, 2.45) is 0 Å². The lowest BCUT2D eigenvalue weighted by Crippen LogP contribution is -2.35. The molecule has 1 N–H and O–H groups in total. The van der Waals surface area contributed by atoms with Crippen LogP contribution in [-0.4, -0.2) is 24.5 Å². The topological polar surface area (TPSA) is 58.6 Å². The molecule has 1 heterocycles. The first-order chi connectivity index (χ1) is 11.6. The van der Waals surface area contributed by atoms with Gasteiger partial charge in [-0.1, -0.05) is 24.3 Å².